The molecule has 1 aliphatic rings. The number of piperazine rings is 1. The summed E-state index contributed by atoms with van der Waals surface area (Å²) in [6, 6.07) is 1.84. The van der Waals surface area contributed by atoms with Crippen molar-refractivity contribution < 1.29 is 4.74 Å². The van der Waals surface area contributed by atoms with E-state index in [0.29, 0.717) is 18.2 Å². The Bertz CT molecular complexity index is 757. The number of nitrogens with zero attached hydrogens (tertiary/aromatic N) is 7. The van der Waals surface area contributed by atoms with E-state index in [4.69, 9.17) is 4.74 Å². The third kappa shape index (κ3) is 4.75. The van der Waals surface area contributed by atoms with Crippen molar-refractivity contribution in [1.82, 2.24) is 29.6 Å². The molecule has 1 saturated heterocycles. The van der Waals surface area contributed by atoms with E-state index in [-0.39, 0.29) is 0 Å². The van der Waals surface area contributed by atoms with Crippen molar-refractivity contribution in [3.05, 3.63) is 34.6 Å². The highest BCUT2D eigenvalue weighted by molar-refractivity contribution is 5.29. The fourth-order valence-corrected chi connectivity index (χ4v) is 2.92. The highest BCUT2D eigenvalue weighted by Gasteiger charge is 2.18. The Hall–Kier alpha value is -2.55. The molecule has 3 rings (SSSR count). The van der Waals surface area contributed by atoms with E-state index in [1.165, 1.54) is 4.68 Å². The smallest absolute Gasteiger partial charge is 0.367 e. The van der Waals surface area contributed by atoms with Gasteiger partial charge < -0.3 is 9.64 Å². The largest absolute Gasteiger partial charge is 0.476 e. The van der Waals surface area contributed by atoms with Gasteiger partial charge in [-0.3, -0.25) is 4.90 Å². The van der Waals surface area contributed by atoms with Crippen LogP contribution in [0.5, 0.6) is 5.88 Å². The third-order valence-corrected chi connectivity index (χ3v) is 4.40. The molecule has 9 nitrogen and oxygen atoms in total. The highest BCUT2D eigenvalue weighted by Crippen LogP contribution is 2.11. The van der Waals surface area contributed by atoms with Crippen LogP contribution >= 0.6 is 0 Å². The number of hydrogen-bond acceptors (Lipinski definition) is 8. The molecule has 0 amide bonds. The monoisotopic (exact) mass is 359 g/mol. The summed E-state index contributed by atoms with van der Waals surface area (Å²) in [4.78, 5) is 28.7. The fourth-order valence-electron chi connectivity index (χ4n) is 2.92. The van der Waals surface area contributed by atoms with E-state index in [1.54, 1.807) is 26.4 Å². The fraction of sp³-hybridized carbons (Fsp3) is 0.588. The van der Waals surface area contributed by atoms with E-state index in [9.17, 15) is 4.79 Å². The van der Waals surface area contributed by atoms with Gasteiger partial charge in [-0.15, -0.1) is 0 Å². The molecule has 1 fully saturated rings. The summed E-state index contributed by atoms with van der Waals surface area (Å²) in [6.07, 6.45) is 5.52. The molecule has 2 aromatic heterocycles. The van der Waals surface area contributed by atoms with E-state index < -0.39 is 5.69 Å². The van der Waals surface area contributed by atoms with Crippen LogP contribution in [0.3, 0.4) is 0 Å². The molecular formula is C17H25N7O2. The molecule has 0 N–H and O–H groups in total. The topological polar surface area (TPSA) is 89.3 Å². The van der Waals surface area contributed by atoms with Crippen molar-refractivity contribution in [3.63, 3.8) is 0 Å². The van der Waals surface area contributed by atoms with Gasteiger partial charge in [0.1, 0.15) is 5.69 Å². The Kier molecular flexibility index (Phi) is 6.11. The summed E-state index contributed by atoms with van der Waals surface area (Å²) >= 11 is 0. The zero-order valence-corrected chi connectivity index (χ0v) is 15.3. The molecule has 0 aliphatic carbocycles. The first kappa shape index (κ1) is 18.2. The van der Waals surface area contributed by atoms with E-state index in [0.717, 1.165) is 51.5 Å². The number of aryl methyl sites for hydroxylation is 2. The SMILES string of the molecule is Cc1nn(C)c(=O)nc1OCCCCN1CCN(c2ncccn2)CC1. The molecule has 9 heteroatoms. The van der Waals surface area contributed by atoms with Crippen molar-refractivity contribution >= 4 is 5.95 Å². The standard InChI is InChI=1S/C17H25N7O2/c1-14-15(20-17(25)22(2)21-14)26-13-4-3-8-23-9-11-24(12-10-23)16-18-6-5-7-19-16/h5-7H,3-4,8-13H2,1-2H3. The molecule has 2 aromatic rings. The van der Waals surface area contributed by atoms with Gasteiger partial charge in [-0.05, 0) is 32.4 Å². The molecular weight excluding hydrogens is 334 g/mol. The number of hydrogen-bond donors (Lipinski definition) is 0. The van der Waals surface area contributed by atoms with Gasteiger partial charge in [0.05, 0.1) is 6.61 Å². The van der Waals surface area contributed by atoms with Gasteiger partial charge in [0.2, 0.25) is 11.8 Å². The van der Waals surface area contributed by atoms with Crippen LogP contribution in [-0.2, 0) is 7.05 Å². The molecule has 0 unspecified atom stereocenters. The van der Waals surface area contributed by atoms with Gasteiger partial charge in [-0.2, -0.15) is 10.1 Å². The molecule has 0 aromatic carbocycles. The Labute approximate surface area is 152 Å². The van der Waals surface area contributed by atoms with Gasteiger partial charge in [0.15, 0.2) is 0 Å². The van der Waals surface area contributed by atoms with Crippen LogP contribution in [0, 0.1) is 6.92 Å². The Balaban J connectivity index is 1.34. The molecule has 0 bridgehead atoms. The minimum Gasteiger partial charge on any atom is -0.476 e. The van der Waals surface area contributed by atoms with Crippen LogP contribution in [0.2, 0.25) is 0 Å². The Morgan fingerprint density at radius 3 is 2.58 bits per heavy atom. The Morgan fingerprint density at radius 1 is 1.12 bits per heavy atom. The van der Waals surface area contributed by atoms with Crippen LogP contribution in [-0.4, -0.2) is 69.0 Å². The number of aromatic nitrogens is 5. The second-order valence-electron chi connectivity index (χ2n) is 6.34. The summed E-state index contributed by atoms with van der Waals surface area (Å²) in [5, 5.41) is 4.07. The first-order chi connectivity index (χ1) is 12.6. The predicted molar refractivity (Wildman–Crippen MR) is 97.4 cm³/mol. The van der Waals surface area contributed by atoms with Crippen LogP contribution in [0.1, 0.15) is 18.5 Å². The lowest BCUT2D eigenvalue weighted by Gasteiger charge is -2.34. The van der Waals surface area contributed by atoms with Gasteiger partial charge in [0, 0.05) is 45.6 Å². The molecule has 140 valence electrons. The van der Waals surface area contributed by atoms with Crippen LogP contribution in [0.15, 0.2) is 23.3 Å². The molecule has 0 atom stereocenters. The lowest BCUT2D eigenvalue weighted by atomic mass is 10.2. The number of ether oxygens (including phenoxy) is 1. The minimum atomic E-state index is -0.397. The van der Waals surface area contributed by atoms with Gasteiger partial charge >= 0.3 is 5.69 Å². The molecule has 0 spiro atoms. The average molecular weight is 359 g/mol. The second-order valence-corrected chi connectivity index (χ2v) is 6.34. The lowest BCUT2D eigenvalue weighted by Crippen LogP contribution is -2.47. The van der Waals surface area contributed by atoms with Gasteiger partial charge in [0.25, 0.3) is 0 Å². The first-order valence-corrected chi connectivity index (χ1v) is 8.92. The van der Waals surface area contributed by atoms with E-state index in [1.807, 2.05) is 6.07 Å². The summed E-state index contributed by atoms with van der Waals surface area (Å²) in [5.41, 5.74) is 0.234. The highest BCUT2D eigenvalue weighted by atomic mass is 16.5. The summed E-state index contributed by atoms with van der Waals surface area (Å²) in [6.45, 7) is 7.29. The molecule has 1 aliphatic heterocycles. The number of rotatable bonds is 7. The number of anilines is 1. The normalized spacial score (nSPS) is 15.2. The zero-order valence-electron chi connectivity index (χ0n) is 15.3. The van der Waals surface area contributed by atoms with Gasteiger partial charge in [-0.1, -0.05) is 0 Å². The summed E-state index contributed by atoms with van der Waals surface area (Å²) < 4.78 is 6.82. The van der Waals surface area contributed by atoms with E-state index in [2.05, 4.69) is 29.9 Å². The first-order valence-electron chi connectivity index (χ1n) is 8.92. The van der Waals surface area contributed by atoms with Crippen molar-refractivity contribution in [1.29, 1.82) is 0 Å². The van der Waals surface area contributed by atoms with Crippen LogP contribution < -0.4 is 15.3 Å². The maximum absolute atomic E-state index is 11.5. The summed E-state index contributed by atoms with van der Waals surface area (Å²) in [7, 11) is 1.58. The maximum atomic E-state index is 11.5. The lowest BCUT2D eigenvalue weighted by molar-refractivity contribution is 0.234. The zero-order chi connectivity index (χ0) is 18.4. The van der Waals surface area contributed by atoms with Crippen molar-refractivity contribution in [2.24, 2.45) is 7.05 Å². The van der Waals surface area contributed by atoms with Crippen molar-refractivity contribution in [2.75, 3.05) is 44.2 Å². The Morgan fingerprint density at radius 2 is 1.85 bits per heavy atom. The minimum absolute atomic E-state index is 0.338. The molecule has 26 heavy (non-hydrogen) atoms. The number of unbranched alkanes of at least 4 members (excludes halogenated alkanes) is 1. The van der Waals surface area contributed by atoms with Gasteiger partial charge in [-0.25, -0.2) is 19.4 Å². The third-order valence-electron chi connectivity index (χ3n) is 4.40. The van der Waals surface area contributed by atoms with Crippen LogP contribution in [0.4, 0.5) is 5.95 Å². The molecule has 3 heterocycles. The van der Waals surface area contributed by atoms with E-state index >= 15 is 0 Å². The average Bonchev–Trinajstić information content (AvgIpc) is 2.66. The predicted octanol–water partition coefficient (Wildman–Crippen LogP) is 0.255. The summed E-state index contributed by atoms with van der Waals surface area (Å²) in [5.74, 6) is 1.15. The van der Waals surface area contributed by atoms with Crippen molar-refractivity contribution in [3.8, 4) is 5.88 Å². The second kappa shape index (κ2) is 8.70. The van der Waals surface area contributed by atoms with Crippen molar-refractivity contribution in [2.45, 2.75) is 19.8 Å². The molecule has 0 saturated carbocycles. The quantitative estimate of drug-likeness (QED) is 0.650. The van der Waals surface area contributed by atoms with Crippen LogP contribution in [0.25, 0.3) is 0 Å². The molecule has 0 radical (unpaired) electrons. The maximum Gasteiger partial charge on any atom is 0.367 e.